The molecule has 1 saturated carbocycles. The Hall–Kier alpha value is -2.44. The van der Waals surface area contributed by atoms with Crippen molar-refractivity contribution in [2.24, 2.45) is 11.8 Å². The number of hydrogen-bond donors (Lipinski definition) is 2. The minimum atomic E-state index is -0.714. The highest BCUT2D eigenvalue weighted by atomic mass is 16.6. The Bertz CT molecular complexity index is 676. The minimum absolute atomic E-state index is 0.0305. The van der Waals surface area contributed by atoms with Gasteiger partial charge in [0.15, 0.2) is 0 Å². The Labute approximate surface area is 160 Å². The molecular weight excluding hydrogens is 346 g/mol. The Morgan fingerprint density at radius 1 is 1.26 bits per heavy atom. The second-order valence-electron chi connectivity index (χ2n) is 8.23. The van der Waals surface area contributed by atoms with Crippen LogP contribution in [0.1, 0.15) is 63.7 Å². The number of ether oxygens (including phenoxy) is 1. The van der Waals surface area contributed by atoms with Crippen LogP contribution in [-0.2, 0) is 9.53 Å². The van der Waals surface area contributed by atoms with E-state index in [1.807, 2.05) is 0 Å². The quantitative estimate of drug-likeness (QED) is 0.767. The van der Waals surface area contributed by atoms with Crippen LogP contribution in [0, 0.1) is 11.8 Å². The Kier molecular flexibility index (Phi) is 6.93. The van der Waals surface area contributed by atoms with Crippen molar-refractivity contribution in [3.63, 3.8) is 0 Å². The number of anilines is 1. The van der Waals surface area contributed by atoms with E-state index in [0.717, 1.165) is 25.7 Å². The van der Waals surface area contributed by atoms with E-state index in [-0.39, 0.29) is 17.6 Å². The van der Waals surface area contributed by atoms with Crippen LogP contribution in [0.3, 0.4) is 0 Å². The van der Waals surface area contributed by atoms with Crippen LogP contribution < -0.4 is 10.6 Å². The zero-order valence-electron chi connectivity index (χ0n) is 16.5. The van der Waals surface area contributed by atoms with E-state index in [1.165, 1.54) is 12.3 Å². The van der Waals surface area contributed by atoms with Gasteiger partial charge in [0.25, 0.3) is 0 Å². The van der Waals surface area contributed by atoms with Gasteiger partial charge in [-0.1, -0.05) is 19.8 Å². The summed E-state index contributed by atoms with van der Waals surface area (Å²) in [6, 6.07) is 2.34. The highest BCUT2D eigenvalue weighted by Crippen LogP contribution is 2.31. The molecule has 1 aromatic rings. The van der Waals surface area contributed by atoms with E-state index in [0.29, 0.717) is 17.8 Å². The Balaban J connectivity index is 2.13. The molecule has 2 N–H and O–H groups in total. The highest BCUT2D eigenvalue weighted by Gasteiger charge is 2.33. The third-order valence-corrected chi connectivity index (χ3v) is 4.66. The lowest BCUT2D eigenvalue weighted by Crippen LogP contribution is -2.50. The molecule has 0 aromatic carbocycles. The maximum absolute atomic E-state index is 12.9. The smallest absolute Gasteiger partial charge is 0.408 e. The van der Waals surface area contributed by atoms with Crippen molar-refractivity contribution in [2.45, 2.75) is 65.0 Å². The number of carbonyl (C=O) groups is 3. The fourth-order valence-corrected chi connectivity index (χ4v) is 3.24. The molecular formula is C20H29N3O4. The molecule has 0 bridgehead atoms. The topological polar surface area (TPSA) is 97.4 Å². The number of alkyl carbamates (subject to hydrolysis) is 1. The van der Waals surface area contributed by atoms with E-state index in [4.69, 9.17) is 4.74 Å². The first-order valence-electron chi connectivity index (χ1n) is 9.39. The lowest BCUT2D eigenvalue weighted by molar-refractivity contribution is -0.119. The van der Waals surface area contributed by atoms with Gasteiger partial charge in [-0.15, -0.1) is 0 Å². The number of pyridine rings is 1. The third-order valence-electron chi connectivity index (χ3n) is 4.66. The van der Waals surface area contributed by atoms with Crippen molar-refractivity contribution in [3.8, 4) is 0 Å². The molecule has 27 heavy (non-hydrogen) atoms. The van der Waals surface area contributed by atoms with Gasteiger partial charge in [-0.3, -0.25) is 9.59 Å². The normalized spacial score (nSPS) is 21.0. The van der Waals surface area contributed by atoms with E-state index in [2.05, 4.69) is 22.5 Å². The number of carbonyl (C=O) groups excluding carboxylic acids is 3. The summed E-state index contributed by atoms with van der Waals surface area (Å²) in [5.41, 5.74) is -0.227. The predicted molar refractivity (Wildman–Crippen MR) is 103 cm³/mol. The van der Waals surface area contributed by atoms with Gasteiger partial charge < -0.3 is 15.4 Å². The van der Waals surface area contributed by atoms with Crippen molar-refractivity contribution in [1.29, 1.82) is 0 Å². The second kappa shape index (κ2) is 8.97. The summed E-state index contributed by atoms with van der Waals surface area (Å²) in [5, 5.41) is 5.45. The van der Waals surface area contributed by atoms with Crippen molar-refractivity contribution >= 4 is 24.1 Å². The maximum atomic E-state index is 12.9. The van der Waals surface area contributed by atoms with Gasteiger partial charge in [0.2, 0.25) is 5.91 Å². The number of rotatable bonds is 5. The number of amides is 2. The maximum Gasteiger partial charge on any atom is 0.408 e. The molecule has 0 aliphatic heterocycles. The second-order valence-corrected chi connectivity index (χ2v) is 8.23. The largest absolute Gasteiger partial charge is 0.444 e. The molecule has 7 nitrogen and oxygen atoms in total. The van der Waals surface area contributed by atoms with Crippen LogP contribution in [0.15, 0.2) is 18.3 Å². The molecule has 1 aliphatic rings. The Morgan fingerprint density at radius 2 is 1.93 bits per heavy atom. The van der Waals surface area contributed by atoms with Crippen molar-refractivity contribution < 1.29 is 19.1 Å². The average molecular weight is 375 g/mol. The zero-order chi connectivity index (χ0) is 20.0. The lowest BCUT2D eigenvalue weighted by Gasteiger charge is -2.32. The first kappa shape index (κ1) is 20.9. The predicted octanol–water partition coefficient (Wildman–Crippen LogP) is 3.55. The molecule has 1 aromatic heterocycles. The third kappa shape index (κ3) is 6.66. The average Bonchev–Trinajstić information content (AvgIpc) is 2.59. The van der Waals surface area contributed by atoms with Crippen molar-refractivity contribution in [3.05, 3.63) is 23.9 Å². The van der Waals surface area contributed by atoms with E-state index in [9.17, 15) is 14.4 Å². The fourth-order valence-electron chi connectivity index (χ4n) is 3.24. The molecule has 1 fully saturated rings. The molecule has 0 radical (unpaired) electrons. The number of nitrogens with one attached hydrogen (secondary N) is 2. The zero-order valence-corrected chi connectivity index (χ0v) is 16.5. The minimum Gasteiger partial charge on any atom is -0.444 e. The summed E-state index contributed by atoms with van der Waals surface area (Å²) >= 11 is 0. The summed E-state index contributed by atoms with van der Waals surface area (Å²) in [4.78, 5) is 40.1. The molecule has 0 saturated heterocycles. The van der Waals surface area contributed by atoms with E-state index >= 15 is 0 Å². The van der Waals surface area contributed by atoms with Gasteiger partial charge in [0, 0.05) is 11.8 Å². The van der Waals surface area contributed by atoms with E-state index < -0.39 is 17.7 Å². The molecule has 7 heteroatoms. The van der Waals surface area contributed by atoms with Crippen LogP contribution >= 0.6 is 0 Å². The number of nitrogens with zero attached hydrogens (tertiary/aromatic N) is 1. The summed E-state index contributed by atoms with van der Waals surface area (Å²) < 4.78 is 5.33. The SMILES string of the molecule is CC(C)(C)OC(=O)N[C@H](C(=O)Nc1cc(C=O)ccn1)[C@H]1CC[C@H](C)CC1. The molecule has 1 heterocycles. The molecule has 0 unspecified atom stereocenters. The molecule has 148 valence electrons. The number of aldehydes is 1. The molecule has 1 atom stereocenters. The summed E-state index contributed by atoms with van der Waals surface area (Å²) in [7, 11) is 0. The summed E-state index contributed by atoms with van der Waals surface area (Å²) in [6.45, 7) is 7.53. The highest BCUT2D eigenvalue weighted by molar-refractivity contribution is 5.96. The van der Waals surface area contributed by atoms with Gasteiger partial charge in [-0.2, -0.15) is 0 Å². The summed E-state index contributed by atoms with van der Waals surface area (Å²) in [6.07, 6.45) is 5.28. The first-order valence-corrected chi connectivity index (χ1v) is 9.39. The standard InChI is InChI=1S/C20H29N3O4/c1-13-5-7-15(8-6-13)17(23-19(26)27-20(2,3)4)18(25)22-16-11-14(12-24)9-10-21-16/h9-13,15,17H,5-8H2,1-4H3,(H,23,26)(H,21,22,25)/t13-,15-,17-/m0/s1. The fraction of sp³-hybridized carbons (Fsp3) is 0.600. The van der Waals surface area contributed by atoms with Gasteiger partial charge in [-0.05, 0) is 57.6 Å². The van der Waals surface area contributed by atoms with Crippen LogP contribution in [-0.4, -0.2) is 34.9 Å². The van der Waals surface area contributed by atoms with Gasteiger partial charge >= 0.3 is 6.09 Å². The van der Waals surface area contributed by atoms with E-state index in [1.54, 1.807) is 26.8 Å². The van der Waals surface area contributed by atoms with Gasteiger partial charge in [0.05, 0.1) is 0 Å². The first-order chi connectivity index (χ1) is 12.7. The van der Waals surface area contributed by atoms with Crippen LogP contribution in [0.2, 0.25) is 0 Å². The van der Waals surface area contributed by atoms with Crippen LogP contribution in [0.5, 0.6) is 0 Å². The molecule has 1 aliphatic carbocycles. The van der Waals surface area contributed by atoms with Gasteiger partial charge in [0.1, 0.15) is 23.7 Å². The molecule has 2 rings (SSSR count). The molecule has 0 spiro atoms. The monoisotopic (exact) mass is 375 g/mol. The Morgan fingerprint density at radius 3 is 2.52 bits per heavy atom. The van der Waals surface area contributed by atoms with Crippen molar-refractivity contribution in [1.82, 2.24) is 10.3 Å². The number of hydrogen-bond acceptors (Lipinski definition) is 5. The van der Waals surface area contributed by atoms with Crippen LogP contribution in [0.25, 0.3) is 0 Å². The van der Waals surface area contributed by atoms with Gasteiger partial charge in [-0.25, -0.2) is 9.78 Å². The molecule has 2 amide bonds. The van der Waals surface area contributed by atoms with Crippen LogP contribution in [0.4, 0.5) is 10.6 Å². The lowest BCUT2D eigenvalue weighted by atomic mass is 9.79. The van der Waals surface area contributed by atoms with Crippen molar-refractivity contribution in [2.75, 3.05) is 5.32 Å². The summed E-state index contributed by atoms with van der Waals surface area (Å²) in [5.74, 6) is 0.584. The number of aromatic nitrogens is 1.